The molecule has 0 aromatic carbocycles. The number of carbonyl (C=O) groups excluding carboxylic acids is 2. The van der Waals surface area contributed by atoms with E-state index in [9.17, 15) is 9.59 Å². The number of imidazole rings is 1. The number of likely N-dealkylation sites (N-methyl/N-ethyl adjacent to an activating group) is 1. The van der Waals surface area contributed by atoms with Crippen LogP contribution in [0, 0.1) is 0 Å². The highest BCUT2D eigenvalue weighted by atomic mass is 16.2. The molecule has 1 aromatic heterocycles. The third-order valence-electron chi connectivity index (χ3n) is 5.17. The highest BCUT2D eigenvalue weighted by Crippen LogP contribution is 2.30. The highest BCUT2D eigenvalue weighted by Gasteiger charge is 2.28. The number of nitrogens with zero attached hydrogens (tertiary/aromatic N) is 4. The fourth-order valence-corrected chi connectivity index (χ4v) is 3.71. The first kappa shape index (κ1) is 16.7. The highest BCUT2D eigenvalue weighted by molar-refractivity contribution is 5.90. The molecule has 3 rings (SSSR count). The monoisotopic (exact) mass is 330 g/mol. The number of amides is 2. The van der Waals surface area contributed by atoms with Gasteiger partial charge in [0.05, 0.1) is 6.54 Å². The maximum Gasteiger partial charge on any atom is 0.246 e. The molecule has 6 nitrogen and oxygen atoms in total. The number of piperidine rings is 1. The van der Waals surface area contributed by atoms with Gasteiger partial charge in [-0.2, -0.15) is 0 Å². The quantitative estimate of drug-likeness (QED) is 0.788. The van der Waals surface area contributed by atoms with E-state index in [-0.39, 0.29) is 18.4 Å². The Bertz CT molecular complexity index is 629. The van der Waals surface area contributed by atoms with Crippen LogP contribution < -0.4 is 0 Å². The zero-order valence-electron chi connectivity index (χ0n) is 14.4. The number of carbonyl (C=O) groups is 2. The summed E-state index contributed by atoms with van der Waals surface area (Å²) in [5.74, 6) is 1.43. The van der Waals surface area contributed by atoms with Crippen molar-refractivity contribution in [3.63, 3.8) is 0 Å². The van der Waals surface area contributed by atoms with E-state index in [2.05, 4.69) is 16.1 Å². The van der Waals surface area contributed by atoms with E-state index in [1.54, 1.807) is 7.05 Å². The summed E-state index contributed by atoms with van der Waals surface area (Å²) in [4.78, 5) is 31.8. The van der Waals surface area contributed by atoms with Gasteiger partial charge in [-0.3, -0.25) is 9.59 Å². The standard InChI is InChI=1S/C18H26N4O2/c1-3-16(23)20(2)13-17(24)21-10-7-14(8-11-21)18-19-12-15-6-4-5-9-22(15)18/h3,12,14H,1,4-11,13H2,2H3. The first-order valence-electron chi connectivity index (χ1n) is 8.79. The van der Waals surface area contributed by atoms with Crippen LogP contribution in [0.3, 0.4) is 0 Å². The topological polar surface area (TPSA) is 58.4 Å². The Balaban J connectivity index is 1.56. The molecule has 0 N–H and O–H groups in total. The van der Waals surface area contributed by atoms with E-state index in [1.165, 1.54) is 35.3 Å². The lowest BCUT2D eigenvalue weighted by atomic mass is 9.95. The number of fused-ring (bicyclic) bond motifs is 1. The Kier molecular flexibility index (Phi) is 5.02. The average Bonchev–Trinajstić information content (AvgIpc) is 3.05. The van der Waals surface area contributed by atoms with Crippen LogP contribution in [0.1, 0.15) is 43.1 Å². The molecular weight excluding hydrogens is 304 g/mol. The smallest absolute Gasteiger partial charge is 0.246 e. The van der Waals surface area contributed by atoms with E-state index in [4.69, 9.17) is 0 Å². The van der Waals surface area contributed by atoms with E-state index in [1.807, 2.05) is 11.1 Å². The molecule has 1 aromatic rings. The van der Waals surface area contributed by atoms with Gasteiger partial charge in [0, 0.05) is 44.5 Å². The molecule has 3 heterocycles. The lowest BCUT2D eigenvalue weighted by molar-refractivity contribution is -0.138. The van der Waals surface area contributed by atoms with Gasteiger partial charge in [-0.25, -0.2) is 4.98 Å². The molecule has 2 aliphatic rings. The lowest BCUT2D eigenvalue weighted by Gasteiger charge is -2.33. The molecule has 1 saturated heterocycles. The molecule has 130 valence electrons. The molecule has 6 heteroatoms. The van der Waals surface area contributed by atoms with Gasteiger partial charge in [-0.1, -0.05) is 6.58 Å². The fraction of sp³-hybridized carbons (Fsp3) is 0.611. The van der Waals surface area contributed by atoms with Crippen LogP contribution in [0.15, 0.2) is 18.9 Å². The minimum atomic E-state index is -0.220. The second kappa shape index (κ2) is 7.20. The second-order valence-corrected chi connectivity index (χ2v) is 6.77. The zero-order chi connectivity index (χ0) is 17.1. The third-order valence-corrected chi connectivity index (χ3v) is 5.17. The first-order chi connectivity index (χ1) is 11.6. The Hall–Kier alpha value is -2.11. The number of hydrogen-bond donors (Lipinski definition) is 0. The van der Waals surface area contributed by atoms with Crippen molar-refractivity contribution < 1.29 is 9.59 Å². The van der Waals surface area contributed by atoms with Crippen molar-refractivity contribution >= 4 is 11.8 Å². The summed E-state index contributed by atoms with van der Waals surface area (Å²) in [6.45, 7) is 6.13. The third kappa shape index (κ3) is 3.37. The van der Waals surface area contributed by atoms with Crippen molar-refractivity contribution in [2.75, 3.05) is 26.7 Å². The normalized spacial score (nSPS) is 18.1. The molecule has 2 amide bonds. The van der Waals surface area contributed by atoms with Gasteiger partial charge in [0.2, 0.25) is 11.8 Å². The molecule has 0 atom stereocenters. The molecule has 2 aliphatic heterocycles. The summed E-state index contributed by atoms with van der Waals surface area (Å²) in [6.07, 6.45) is 8.78. The molecule has 1 fully saturated rings. The molecule has 0 bridgehead atoms. The van der Waals surface area contributed by atoms with Crippen molar-refractivity contribution in [1.29, 1.82) is 0 Å². The molecule has 24 heavy (non-hydrogen) atoms. The number of aryl methyl sites for hydroxylation is 1. The number of hydrogen-bond acceptors (Lipinski definition) is 3. The van der Waals surface area contributed by atoms with Crippen LogP contribution in [0.2, 0.25) is 0 Å². The SMILES string of the molecule is C=CC(=O)N(C)CC(=O)N1CCC(c2ncc3n2CCCC3)CC1. The van der Waals surface area contributed by atoms with Crippen molar-refractivity contribution in [3.8, 4) is 0 Å². The predicted octanol–water partition coefficient (Wildman–Crippen LogP) is 1.57. The van der Waals surface area contributed by atoms with Gasteiger partial charge in [0.1, 0.15) is 5.82 Å². The van der Waals surface area contributed by atoms with E-state index >= 15 is 0 Å². The van der Waals surface area contributed by atoms with E-state index < -0.39 is 0 Å². The summed E-state index contributed by atoms with van der Waals surface area (Å²) in [5, 5.41) is 0. The summed E-state index contributed by atoms with van der Waals surface area (Å²) in [7, 11) is 1.63. The van der Waals surface area contributed by atoms with Crippen LogP contribution in [-0.2, 0) is 22.6 Å². The minimum Gasteiger partial charge on any atom is -0.341 e. The zero-order valence-corrected chi connectivity index (χ0v) is 14.4. The van der Waals surface area contributed by atoms with Crippen molar-refractivity contribution in [2.24, 2.45) is 0 Å². The van der Waals surface area contributed by atoms with Crippen molar-refractivity contribution in [3.05, 3.63) is 30.4 Å². The summed E-state index contributed by atoms with van der Waals surface area (Å²) >= 11 is 0. The van der Waals surface area contributed by atoms with Crippen molar-refractivity contribution in [2.45, 2.75) is 44.6 Å². The predicted molar refractivity (Wildman–Crippen MR) is 91.6 cm³/mol. The summed E-state index contributed by atoms with van der Waals surface area (Å²) in [5.41, 5.74) is 1.36. The summed E-state index contributed by atoms with van der Waals surface area (Å²) < 4.78 is 2.39. The lowest BCUT2D eigenvalue weighted by Crippen LogP contribution is -2.44. The molecule has 0 saturated carbocycles. The van der Waals surface area contributed by atoms with Crippen LogP contribution in [0.4, 0.5) is 0 Å². The average molecular weight is 330 g/mol. The number of rotatable bonds is 4. The van der Waals surface area contributed by atoms with E-state index in [0.717, 1.165) is 38.9 Å². The minimum absolute atomic E-state index is 0.0105. The van der Waals surface area contributed by atoms with E-state index in [0.29, 0.717) is 5.92 Å². The molecule has 0 radical (unpaired) electrons. The number of aromatic nitrogens is 2. The largest absolute Gasteiger partial charge is 0.341 e. The molecular formula is C18H26N4O2. The van der Waals surface area contributed by atoms with Crippen LogP contribution in [-0.4, -0.2) is 57.8 Å². The Morgan fingerprint density at radius 3 is 2.79 bits per heavy atom. The van der Waals surface area contributed by atoms with Gasteiger partial charge >= 0.3 is 0 Å². The Morgan fingerprint density at radius 1 is 1.33 bits per heavy atom. The van der Waals surface area contributed by atoms with Crippen LogP contribution in [0.25, 0.3) is 0 Å². The second-order valence-electron chi connectivity index (χ2n) is 6.77. The number of likely N-dealkylation sites (tertiary alicyclic amines) is 1. The van der Waals surface area contributed by atoms with Crippen LogP contribution >= 0.6 is 0 Å². The van der Waals surface area contributed by atoms with Gasteiger partial charge in [-0.15, -0.1) is 0 Å². The van der Waals surface area contributed by atoms with Gasteiger partial charge in [0.25, 0.3) is 0 Å². The maximum atomic E-state index is 12.3. The molecule has 0 aliphatic carbocycles. The fourth-order valence-electron chi connectivity index (χ4n) is 3.71. The molecule has 0 unspecified atom stereocenters. The Labute approximate surface area is 143 Å². The van der Waals surface area contributed by atoms with Crippen molar-refractivity contribution in [1.82, 2.24) is 19.4 Å². The molecule has 0 spiro atoms. The summed E-state index contributed by atoms with van der Waals surface area (Å²) in [6, 6.07) is 0. The van der Waals surface area contributed by atoms with Gasteiger partial charge < -0.3 is 14.4 Å². The maximum absolute atomic E-state index is 12.3. The Morgan fingerprint density at radius 2 is 2.08 bits per heavy atom. The first-order valence-corrected chi connectivity index (χ1v) is 8.79. The van der Waals surface area contributed by atoms with Gasteiger partial charge in [0.15, 0.2) is 0 Å². The van der Waals surface area contributed by atoms with Gasteiger partial charge in [-0.05, 0) is 38.2 Å². The van der Waals surface area contributed by atoms with Crippen LogP contribution in [0.5, 0.6) is 0 Å².